The number of hydrogen-bond acceptors (Lipinski definition) is 6. The molecule has 4 rings (SSSR count). The number of ether oxygens (including phenoxy) is 1. The highest BCUT2D eigenvalue weighted by atomic mass is 35.5. The van der Waals surface area contributed by atoms with E-state index in [4.69, 9.17) is 16.3 Å². The van der Waals surface area contributed by atoms with Crippen molar-refractivity contribution in [1.82, 2.24) is 4.72 Å². The Balaban J connectivity index is 1.65. The number of aliphatic hydroxyl groups is 1. The summed E-state index contributed by atoms with van der Waals surface area (Å²) in [5.41, 5.74) is 0.428. The maximum atomic E-state index is 13.9. The molecular weight excluding hydrogens is 550 g/mol. The number of carbonyl (C=O) groups excluding carboxylic acids is 1. The summed E-state index contributed by atoms with van der Waals surface area (Å²) >= 11 is 6.31. The van der Waals surface area contributed by atoms with E-state index in [1.54, 1.807) is 46.1 Å². The molecule has 10 heteroatoms. The van der Waals surface area contributed by atoms with Crippen LogP contribution in [0.3, 0.4) is 0 Å². The highest BCUT2D eigenvalue weighted by Gasteiger charge is 2.51. The van der Waals surface area contributed by atoms with E-state index in [1.165, 1.54) is 29.2 Å². The lowest BCUT2D eigenvalue weighted by atomic mass is 9.87. The van der Waals surface area contributed by atoms with Crippen LogP contribution in [0.5, 0.6) is 0 Å². The Kier molecular flexibility index (Phi) is 8.63. The number of methoxy groups -OCH3 is 1. The second-order valence-corrected chi connectivity index (χ2v) is 13.0. The molecule has 3 aromatic carbocycles. The minimum atomic E-state index is -3.78. The third-order valence-electron chi connectivity index (χ3n) is 6.81. The van der Waals surface area contributed by atoms with Crippen molar-refractivity contribution >= 4 is 38.9 Å². The second-order valence-electron chi connectivity index (χ2n) is 10.9. The summed E-state index contributed by atoms with van der Waals surface area (Å²) in [4.78, 5) is 17.6. The van der Waals surface area contributed by atoms with Crippen molar-refractivity contribution in [1.29, 1.82) is 0 Å². The number of amides is 1. The van der Waals surface area contributed by atoms with Crippen LogP contribution in [0.1, 0.15) is 44.4 Å². The number of anilines is 2. The molecule has 1 atom stereocenters. The first-order valence-corrected chi connectivity index (χ1v) is 15.0. The fraction of sp³-hybridized carbons (Fsp3) is 0.367. The molecular formula is C30H36ClN3O5S. The zero-order chi connectivity index (χ0) is 29.3. The first kappa shape index (κ1) is 30.0. The summed E-state index contributed by atoms with van der Waals surface area (Å²) < 4.78 is 33.4. The highest BCUT2D eigenvalue weighted by molar-refractivity contribution is 7.89. The monoisotopic (exact) mass is 585 g/mol. The number of carbonyl (C=O) groups is 1. The van der Waals surface area contributed by atoms with Crippen LogP contribution in [0.25, 0.3) is 0 Å². The summed E-state index contributed by atoms with van der Waals surface area (Å²) in [6.45, 7) is 9.78. The van der Waals surface area contributed by atoms with E-state index in [2.05, 4.69) is 16.5 Å². The molecule has 1 aliphatic rings. The van der Waals surface area contributed by atoms with Gasteiger partial charge in [0.1, 0.15) is 0 Å². The second kappa shape index (κ2) is 11.5. The molecule has 1 unspecified atom stereocenters. The lowest BCUT2D eigenvalue weighted by molar-refractivity contribution is -0.132. The SMILES string of the molecule is CCN(CCOC)c1ccc(CN2C(=O)C(O)(c3ccc(S(=O)(=O)NC(C)(C)C)cc3)c3ccc(Cl)cc32)cc1. The lowest BCUT2D eigenvalue weighted by Gasteiger charge is -2.25. The van der Waals surface area contributed by atoms with Crippen LogP contribution in [0, 0.1) is 0 Å². The summed E-state index contributed by atoms with van der Waals surface area (Å²) in [5.74, 6) is -0.535. The predicted molar refractivity (Wildman–Crippen MR) is 158 cm³/mol. The number of rotatable bonds is 10. The number of benzene rings is 3. The molecule has 40 heavy (non-hydrogen) atoms. The van der Waals surface area contributed by atoms with E-state index in [0.717, 1.165) is 24.3 Å². The Hall–Kier alpha value is -2.95. The van der Waals surface area contributed by atoms with Gasteiger partial charge in [0.15, 0.2) is 5.60 Å². The first-order chi connectivity index (χ1) is 18.8. The van der Waals surface area contributed by atoms with Gasteiger partial charge in [0.25, 0.3) is 5.91 Å². The fourth-order valence-corrected chi connectivity index (χ4v) is 6.48. The van der Waals surface area contributed by atoms with E-state index in [9.17, 15) is 18.3 Å². The molecule has 0 spiro atoms. The van der Waals surface area contributed by atoms with Crippen molar-refractivity contribution in [3.05, 3.63) is 88.4 Å². The van der Waals surface area contributed by atoms with Gasteiger partial charge in [-0.1, -0.05) is 41.9 Å². The minimum absolute atomic E-state index is 0.0418. The molecule has 0 bridgehead atoms. The van der Waals surface area contributed by atoms with Crippen LogP contribution in [0.2, 0.25) is 5.02 Å². The summed E-state index contributed by atoms with van der Waals surface area (Å²) in [7, 11) is -2.10. The van der Waals surface area contributed by atoms with Crippen LogP contribution >= 0.6 is 11.6 Å². The molecule has 0 saturated heterocycles. The van der Waals surface area contributed by atoms with Gasteiger partial charge in [0, 0.05) is 42.0 Å². The van der Waals surface area contributed by atoms with Crippen LogP contribution in [0.4, 0.5) is 11.4 Å². The largest absolute Gasteiger partial charge is 0.383 e. The van der Waals surface area contributed by atoms with E-state index in [-0.39, 0.29) is 17.0 Å². The van der Waals surface area contributed by atoms with Crippen LogP contribution in [0.15, 0.2) is 71.6 Å². The molecule has 1 heterocycles. The van der Waals surface area contributed by atoms with Crippen molar-refractivity contribution in [3.63, 3.8) is 0 Å². The molecule has 1 aliphatic heterocycles. The van der Waals surface area contributed by atoms with Gasteiger partial charge in [0.05, 0.1) is 23.7 Å². The van der Waals surface area contributed by atoms with Crippen LogP contribution < -0.4 is 14.5 Å². The fourth-order valence-electron chi connectivity index (χ4n) is 4.89. The third kappa shape index (κ3) is 6.04. The normalized spacial score (nSPS) is 17.3. The predicted octanol–water partition coefficient (Wildman–Crippen LogP) is 4.67. The Morgan fingerprint density at radius 2 is 1.70 bits per heavy atom. The maximum absolute atomic E-state index is 13.9. The molecule has 1 amide bonds. The maximum Gasteiger partial charge on any atom is 0.268 e. The van der Waals surface area contributed by atoms with Crippen molar-refractivity contribution in [2.45, 2.75) is 50.3 Å². The number of halogens is 1. The first-order valence-electron chi connectivity index (χ1n) is 13.1. The lowest BCUT2D eigenvalue weighted by Crippen LogP contribution is -2.41. The molecule has 8 nitrogen and oxygen atoms in total. The van der Waals surface area contributed by atoms with E-state index in [0.29, 0.717) is 22.9 Å². The zero-order valence-corrected chi connectivity index (χ0v) is 25.0. The third-order valence-corrected chi connectivity index (χ3v) is 8.82. The number of sulfonamides is 1. The van der Waals surface area contributed by atoms with Crippen molar-refractivity contribution < 1.29 is 23.1 Å². The summed E-state index contributed by atoms with van der Waals surface area (Å²) in [5, 5.41) is 12.3. The smallest absolute Gasteiger partial charge is 0.268 e. The van der Waals surface area contributed by atoms with Gasteiger partial charge in [-0.3, -0.25) is 4.79 Å². The van der Waals surface area contributed by atoms with Crippen LogP contribution in [-0.2, 0) is 31.7 Å². The topological polar surface area (TPSA) is 99.2 Å². The summed E-state index contributed by atoms with van der Waals surface area (Å²) in [6.07, 6.45) is 0. The minimum Gasteiger partial charge on any atom is -0.383 e. The molecule has 3 aromatic rings. The Morgan fingerprint density at radius 1 is 1.05 bits per heavy atom. The number of likely N-dealkylation sites (N-methyl/N-ethyl adjacent to an activating group) is 1. The number of nitrogens with zero attached hydrogens (tertiary/aromatic N) is 2. The van der Waals surface area contributed by atoms with Crippen molar-refractivity contribution in [3.8, 4) is 0 Å². The Morgan fingerprint density at radius 3 is 2.27 bits per heavy atom. The average Bonchev–Trinajstić information content (AvgIpc) is 3.10. The molecule has 0 radical (unpaired) electrons. The molecule has 0 fully saturated rings. The van der Waals surface area contributed by atoms with Crippen molar-refractivity contribution in [2.75, 3.05) is 36.6 Å². The van der Waals surface area contributed by atoms with Gasteiger partial charge >= 0.3 is 0 Å². The van der Waals surface area contributed by atoms with Crippen molar-refractivity contribution in [2.24, 2.45) is 0 Å². The van der Waals surface area contributed by atoms with Gasteiger partial charge in [-0.05, 0) is 75.2 Å². The van der Waals surface area contributed by atoms with E-state index in [1.807, 2.05) is 24.3 Å². The number of hydrogen-bond donors (Lipinski definition) is 2. The molecule has 0 aliphatic carbocycles. The molecule has 2 N–H and O–H groups in total. The van der Waals surface area contributed by atoms with Gasteiger partial charge in [0.2, 0.25) is 10.0 Å². The Bertz CT molecular complexity index is 1470. The summed E-state index contributed by atoms with van der Waals surface area (Å²) in [6, 6.07) is 18.6. The standard InChI is InChI=1S/C30H36ClN3O5S/c1-6-33(17-18-39-5)24-12-7-21(8-13-24)20-34-27-19-23(31)11-16-26(27)30(36,28(34)35)22-9-14-25(15-10-22)40(37,38)32-29(2,3)4/h7-16,19,32,36H,6,17-18,20H2,1-5H3. The highest BCUT2D eigenvalue weighted by Crippen LogP contribution is 2.46. The number of nitrogens with one attached hydrogen (secondary N) is 1. The number of fused-ring (bicyclic) bond motifs is 1. The quantitative estimate of drug-likeness (QED) is 0.359. The van der Waals surface area contributed by atoms with Gasteiger partial charge in [-0.15, -0.1) is 0 Å². The van der Waals surface area contributed by atoms with Gasteiger partial charge in [-0.25, -0.2) is 13.1 Å². The molecule has 214 valence electrons. The van der Waals surface area contributed by atoms with Gasteiger partial charge < -0.3 is 19.6 Å². The van der Waals surface area contributed by atoms with E-state index >= 15 is 0 Å². The molecule has 0 aromatic heterocycles. The zero-order valence-electron chi connectivity index (χ0n) is 23.4. The Labute approximate surface area is 241 Å². The van der Waals surface area contributed by atoms with Crippen LogP contribution in [-0.4, -0.2) is 51.8 Å². The van der Waals surface area contributed by atoms with E-state index < -0.39 is 27.1 Å². The average molecular weight is 586 g/mol. The molecule has 0 saturated carbocycles. The van der Waals surface area contributed by atoms with Gasteiger partial charge in [-0.2, -0.15) is 0 Å².